The molecule has 0 aliphatic heterocycles. The number of nitrogens with zero attached hydrogens (tertiary/aromatic N) is 4. The molecule has 0 saturated carbocycles. The Morgan fingerprint density at radius 3 is 2.41 bits per heavy atom. The van der Waals surface area contributed by atoms with E-state index in [0.717, 1.165) is 24.3 Å². The summed E-state index contributed by atoms with van der Waals surface area (Å²) in [6.07, 6.45) is 0.317. The van der Waals surface area contributed by atoms with Crippen LogP contribution in [0.3, 0.4) is 0 Å². The van der Waals surface area contributed by atoms with Gasteiger partial charge >= 0.3 is 0 Å². The lowest BCUT2D eigenvalue weighted by atomic mass is 10.1. The molecule has 39 heavy (non-hydrogen) atoms. The molecule has 0 unspecified atom stereocenters. The Hall–Kier alpha value is -4.45. The van der Waals surface area contributed by atoms with Crippen molar-refractivity contribution in [2.75, 3.05) is 14.2 Å². The second kappa shape index (κ2) is 12.4. The number of aromatic nitrogens is 4. The van der Waals surface area contributed by atoms with E-state index in [4.69, 9.17) is 9.47 Å². The molecule has 0 radical (unpaired) electrons. The standard InChI is InChI=1S/C27H26F3N5O4/c1-38-16-22-19(27(37)31-12-21-25(28)23(39-2)11-20(32-21)26(29)30)15-35(33-22)14-18-8-6-17(7-9-18)13-34-10-4-3-5-24(34)36/h3-11,15,26H,12-14,16H2,1-2H3,(H,31,37). The minimum atomic E-state index is -2.93. The Labute approximate surface area is 221 Å². The van der Waals surface area contributed by atoms with E-state index in [-0.39, 0.29) is 29.2 Å². The van der Waals surface area contributed by atoms with E-state index >= 15 is 0 Å². The number of pyridine rings is 2. The Balaban J connectivity index is 1.47. The molecule has 0 aliphatic carbocycles. The lowest BCUT2D eigenvalue weighted by molar-refractivity contribution is 0.0944. The van der Waals surface area contributed by atoms with Gasteiger partial charge in [-0.15, -0.1) is 0 Å². The molecule has 4 rings (SSSR count). The van der Waals surface area contributed by atoms with E-state index in [0.29, 0.717) is 18.8 Å². The molecule has 4 aromatic rings. The number of carbonyl (C=O) groups excluding carboxylic acids is 1. The van der Waals surface area contributed by atoms with Crippen LogP contribution in [0.2, 0.25) is 0 Å². The fourth-order valence-corrected chi connectivity index (χ4v) is 3.91. The lowest BCUT2D eigenvalue weighted by Gasteiger charge is -2.11. The van der Waals surface area contributed by atoms with E-state index in [2.05, 4.69) is 15.4 Å². The Kier molecular flexibility index (Phi) is 8.77. The van der Waals surface area contributed by atoms with Crippen LogP contribution in [-0.2, 0) is 31.0 Å². The van der Waals surface area contributed by atoms with Crippen LogP contribution in [0.25, 0.3) is 0 Å². The van der Waals surface area contributed by atoms with Gasteiger partial charge in [0.25, 0.3) is 17.9 Å². The van der Waals surface area contributed by atoms with Gasteiger partial charge in [0.1, 0.15) is 11.4 Å². The number of carbonyl (C=O) groups is 1. The van der Waals surface area contributed by atoms with Crippen LogP contribution in [-0.4, -0.2) is 39.5 Å². The number of nitrogens with one attached hydrogen (secondary N) is 1. The van der Waals surface area contributed by atoms with Crippen LogP contribution in [0, 0.1) is 5.82 Å². The highest BCUT2D eigenvalue weighted by Gasteiger charge is 2.21. The summed E-state index contributed by atoms with van der Waals surface area (Å²) in [6, 6.07) is 13.4. The number of hydrogen-bond acceptors (Lipinski definition) is 6. The summed E-state index contributed by atoms with van der Waals surface area (Å²) < 4.78 is 54.0. The molecule has 1 amide bonds. The average molecular weight is 542 g/mol. The normalized spacial score (nSPS) is 11.1. The maximum absolute atomic E-state index is 14.5. The summed E-state index contributed by atoms with van der Waals surface area (Å²) in [5.41, 5.74) is 1.26. The molecule has 12 heteroatoms. The molecule has 3 aromatic heterocycles. The smallest absolute Gasteiger partial charge is 0.280 e. The van der Waals surface area contributed by atoms with Crippen molar-refractivity contribution in [3.63, 3.8) is 0 Å². The van der Waals surface area contributed by atoms with Crippen molar-refractivity contribution in [2.24, 2.45) is 0 Å². The maximum Gasteiger partial charge on any atom is 0.280 e. The third-order valence-electron chi connectivity index (χ3n) is 5.86. The SMILES string of the molecule is COCc1nn(Cc2ccc(Cn3ccccc3=O)cc2)cc1C(=O)NCc1nc(C(F)F)cc(OC)c1F. The molecule has 0 atom stereocenters. The van der Waals surface area contributed by atoms with Crippen molar-refractivity contribution in [3.8, 4) is 5.75 Å². The second-order valence-electron chi connectivity index (χ2n) is 8.60. The van der Waals surface area contributed by atoms with E-state index in [1.54, 1.807) is 27.6 Å². The summed E-state index contributed by atoms with van der Waals surface area (Å²) >= 11 is 0. The number of ether oxygens (including phenoxy) is 2. The summed E-state index contributed by atoms with van der Waals surface area (Å²) in [4.78, 5) is 28.5. The predicted octanol–water partition coefficient (Wildman–Crippen LogP) is 3.70. The summed E-state index contributed by atoms with van der Waals surface area (Å²) in [5, 5.41) is 6.94. The van der Waals surface area contributed by atoms with Gasteiger partial charge in [0.2, 0.25) is 0 Å². The lowest BCUT2D eigenvalue weighted by Crippen LogP contribution is -2.25. The molecular formula is C27H26F3N5O4. The first-order valence-electron chi connectivity index (χ1n) is 11.9. The van der Waals surface area contributed by atoms with Crippen LogP contribution >= 0.6 is 0 Å². The zero-order chi connectivity index (χ0) is 27.9. The first kappa shape index (κ1) is 27.6. The van der Waals surface area contributed by atoms with Crippen molar-refractivity contribution in [2.45, 2.75) is 32.7 Å². The van der Waals surface area contributed by atoms with E-state index in [9.17, 15) is 22.8 Å². The van der Waals surface area contributed by atoms with E-state index in [1.807, 2.05) is 24.3 Å². The number of halogens is 3. The average Bonchev–Trinajstić information content (AvgIpc) is 3.32. The highest BCUT2D eigenvalue weighted by molar-refractivity contribution is 5.95. The van der Waals surface area contributed by atoms with Crippen LogP contribution in [0.5, 0.6) is 5.75 Å². The van der Waals surface area contributed by atoms with Crippen LogP contribution in [0.4, 0.5) is 13.2 Å². The molecule has 9 nitrogen and oxygen atoms in total. The van der Waals surface area contributed by atoms with Crippen LogP contribution in [0.15, 0.2) is 65.7 Å². The number of hydrogen-bond donors (Lipinski definition) is 1. The van der Waals surface area contributed by atoms with Gasteiger partial charge in [-0.2, -0.15) is 5.10 Å². The van der Waals surface area contributed by atoms with Gasteiger partial charge in [-0.05, 0) is 17.2 Å². The van der Waals surface area contributed by atoms with Gasteiger partial charge < -0.3 is 19.4 Å². The molecule has 0 spiro atoms. The van der Waals surface area contributed by atoms with Crippen molar-refractivity contribution in [1.82, 2.24) is 24.6 Å². The van der Waals surface area contributed by atoms with Crippen LogP contribution in [0.1, 0.15) is 45.0 Å². The number of methoxy groups -OCH3 is 2. The molecule has 0 saturated heterocycles. The van der Waals surface area contributed by atoms with E-state index in [1.165, 1.54) is 19.4 Å². The van der Waals surface area contributed by atoms with Crippen molar-refractivity contribution >= 4 is 5.91 Å². The quantitative estimate of drug-likeness (QED) is 0.311. The van der Waals surface area contributed by atoms with Crippen molar-refractivity contribution in [1.29, 1.82) is 0 Å². The summed E-state index contributed by atoms with van der Waals surface area (Å²) in [6.45, 7) is 0.387. The van der Waals surface area contributed by atoms with Crippen molar-refractivity contribution < 1.29 is 27.4 Å². The molecule has 1 aromatic carbocycles. The molecule has 3 heterocycles. The number of rotatable bonds is 11. The van der Waals surface area contributed by atoms with Crippen molar-refractivity contribution in [3.05, 3.63) is 111 Å². The molecule has 1 N–H and O–H groups in total. The Morgan fingerprint density at radius 2 is 1.77 bits per heavy atom. The zero-order valence-electron chi connectivity index (χ0n) is 21.2. The maximum atomic E-state index is 14.5. The highest BCUT2D eigenvalue weighted by atomic mass is 19.3. The Morgan fingerprint density at radius 1 is 1.05 bits per heavy atom. The summed E-state index contributed by atoms with van der Waals surface area (Å²) in [7, 11) is 2.61. The van der Waals surface area contributed by atoms with E-state index < -0.39 is 30.4 Å². The number of amides is 1. The first-order valence-corrected chi connectivity index (χ1v) is 11.9. The highest BCUT2D eigenvalue weighted by Crippen LogP contribution is 2.26. The molecule has 0 bridgehead atoms. The topological polar surface area (TPSA) is 100 Å². The monoisotopic (exact) mass is 541 g/mol. The number of alkyl halides is 2. The van der Waals surface area contributed by atoms with Gasteiger partial charge in [0, 0.05) is 31.6 Å². The minimum absolute atomic E-state index is 0.0435. The number of benzene rings is 1. The summed E-state index contributed by atoms with van der Waals surface area (Å²) in [5.74, 6) is -1.92. The third kappa shape index (κ3) is 6.71. The zero-order valence-corrected chi connectivity index (χ0v) is 21.2. The fourth-order valence-electron chi connectivity index (χ4n) is 3.91. The molecule has 0 fully saturated rings. The van der Waals surface area contributed by atoms with Gasteiger partial charge in [0.05, 0.1) is 44.6 Å². The fraction of sp³-hybridized carbons (Fsp3) is 0.259. The molecular weight excluding hydrogens is 515 g/mol. The third-order valence-corrected chi connectivity index (χ3v) is 5.86. The Bertz CT molecular complexity index is 1500. The van der Waals surface area contributed by atoms with Gasteiger partial charge in [0.15, 0.2) is 11.6 Å². The predicted molar refractivity (Wildman–Crippen MR) is 135 cm³/mol. The molecule has 0 aliphatic rings. The first-order chi connectivity index (χ1) is 18.8. The molecule has 204 valence electrons. The van der Waals surface area contributed by atoms with Gasteiger partial charge in [-0.25, -0.2) is 18.2 Å². The minimum Gasteiger partial charge on any atom is -0.494 e. The second-order valence-corrected chi connectivity index (χ2v) is 8.60. The van der Waals surface area contributed by atoms with Gasteiger partial charge in [-0.3, -0.25) is 14.3 Å². The van der Waals surface area contributed by atoms with Crippen LogP contribution < -0.4 is 15.6 Å². The van der Waals surface area contributed by atoms with Gasteiger partial charge in [-0.1, -0.05) is 30.3 Å². The largest absolute Gasteiger partial charge is 0.494 e.